The number of aliphatic carboxylic acids is 1. The minimum atomic E-state index is -0.905. The highest BCUT2D eigenvalue weighted by atomic mass is 16.7. The van der Waals surface area contributed by atoms with Crippen LogP contribution in [0, 0.1) is 5.92 Å². The number of hydrogen-bond acceptors (Lipinski definition) is 7. The van der Waals surface area contributed by atoms with Crippen molar-refractivity contribution in [3.8, 4) is 11.1 Å². The standard InChI is InChI=1S/C44H57N3O7/c1-44(2,3)46-42(52)38-24-23-31-9-5-7-12-37(31)47(38)27-35-25-39(32-17-15-29(28-48)16-18-32)54-43(53-35)33-21-19-30(20-22-33)36-11-6-4-10-34(36)26-45-40(49)13-8-14-41(50)51/h4,6,10-11,15-22,31,35,37-39,43,48H,5,7-9,12-14,23-28H2,1-3H3,(H,45,49)(H,46,52)(H,50,51). The van der Waals surface area contributed by atoms with Crippen LogP contribution in [-0.4, -0.2) is 63.2 Å². The van der Waals surface area contributed by atoms with Crippen LogP contribution in [0.4, 0.5) is 0 Å². The Labute approximate surface area is 319 Å². The van der Waals surface area contributed by atoms with Gasteiger partial charge in [0.05, 0.1) is 24.9 Å². The average Bonchev–Trinajstić information content (AvgIpc) is 3.16. The van der Waals surface area contributed by atoms with Crippen LogP contribution in [-0.2, 0) is 37.0 Å². The van der Waals surface area contributed by atoms with Crippen LogP contribution >= 0.6 is 0 Å². The first-order valence-corrected chi connectivity index (χ1v) is 19.7. The van der Waals surface area contributed by atoms with E-state index in [1.54, 1.807) is 0 Å². The number of aliphatic hydroxyl groups excluding tert-OH is 1. The van der Waals surface area contributed by atoms with Gasteiger partial charge in [0.25, 0.3) is 0 Å². The number of rotatable bonds is 13. The van der Waals surface area contributed by atoms with Gasteiger partial charge in [-0.25, -0.2) is 0 Å². The molecule has 0 bridgehead atoms. The van der Waals surface area contributed by atoms with Crippen molar-refractivity contribution in [1.82, 2.24) is 15.5 Å². The molecule has 2 saturated heterocycles. The van der Waals surface area contributed by atoms with Gasteiger partial charge in [0.2, 0.25) is 11.8 Å². The van der Waals surface area contributed by atoms with Gasteiger partial charge in [-0.1, -0.05) is 85.6 Å². The van der Waals surface area contributed by atoms with E-state index in [-0.39, 0.29) is 55.1 Å². The molecule has 4 N–H and O–H groups in total. The monoisotopic (exact) mass is 739 g/mol. The fourth-order valence-corrected chi connectivity index (χ4v) is 8.45. The molecule has 54 heavy (non-hydrogen) atoms. The van der Waals surface area contributed by atoms with Gasteiger partial charge in [-0.15, -0.1) is 0 Å². The van der Waals surface area contributed by atoms with Crippen molar-refractivity contribution in [2.24, 2.45) is 5.92 Å². The maximum atomic E-state index is 13.8. The van der Waals surface area contributed by atoms with Gasteiger partial charge in [-0.2, -0.15) is 0 Å². The molecule has 1 aliphatic carbocycles. The number of ether oxygens (including phenoxy) is 2. The zero-order valence-corrected chi connectivity index (χ0v) is 32.0. The number of aliphatic hydroxyl groups is 1. The molecule has 3 aliphatic rings. The lowest BCUT2D eigenvalue weighted by molar-refractivity contribution is -0.255. The summed E-state index contributed by atoms with van der Waals surface area (Å²) in [4.78, 5) is 39.5. The fraction of sp³-hybridized carbons (Fsp3) is 0.523. The summed E-state index contributed by atoms with van der Waals surface area (Å²) in [5.74, 6) is -0.388. The van der Waals surface area contributed by atoms with Crippen LogP contribution in [0.5, 0.6) is 0 Å². The lowest BCUT2D eigenvalue weighted by Gasteiger charge is -2.50. The first-order valence-electron chi connectivity index (χ1n) is 19.7. The van der Waals surface area contributed by atoms with Crippen LogP contribution in [0.25, 0.3) is 11.1 Å². The highest BCUT2D eigenvalue weighted by Gasteiger charge is 2.44. The Morgan fingerprint density at radius 2 is 1.57 bits per heavy atom. The lowest BCUT2D eigenvalue weighted by atomic mass is 9.75. The molecule has 3 aromatic rings. The van der Waals surface area contributed by atoms with E-state index in [9.17, 15) is 19.5 Å². The number of hydrogen-bond donors (Lipinski definition) is 4. The summed E-state index contributed by atoms with van der Waals surface area (Å²) in [6.07, 6.45) is 6.69. The van der Waals surface area contributed by atoms with E-state index in [1.807, 2.05) is 93.6 Å². The molecule has 6 atom stereocenters. The molecule has 2 heterocycles. The van der Waals surface area contributed by atoms with Crippen LogP contribution < -0.4 is 10.6 Å². The predicted molar refractivity (Wildman–Crippen MR) is 207 cm³/mol. The van der Waals surface area contributed by atoms with Crippen molar-refractivity contribution in [3.63, 3.8) is 0 Å². The number of likely N-dealkylation sites (tertiary alicyclic amines) is 1. The molecule has 6 unspecified atom stereocenters. The third kappa shape index (κ3) is 10.4. The molecule has 3 aromatic carbocycles. The Morgan fingerprint density at radius 3 is 2.30 bits per heavy atom. The molecule has 0 radical (unpaired) electrons. The topological polar surface area (TPSA) is 137 Å². The number of nitrogens with zero attached hydrogens (tertiary/aromatic N) is 1. The van der Waals surface area contributed by atoms with Crippen molar-refractivity contribution < 1.29 is 34.1 Å². The number of carbonyl (C=O) groups excluding carboxylic acids is 2. The van der Waals surface area contributed by atoms with E-state index in [0.29, 0.717) is 37.9 Å². The third-order valence-electron chi connectivity index (χ3n) is 11.1. The zero-order valence-electron chi connectivity index (χ0n) is 32.0. The number of nitrogens with one attached hydrogen (secondary N) is 2. The summed E-state index contributed by atoms with van der Waals surface area (Å²) in [6.45, 7) is 7.07. The molecular weight excluding hydrogens is 682 g/mol. The largest absolute Gasteiger partial charge is 0.481 e. The predicted octanol–water partition coefficient (Wildman–Crippen LogP) is 7.20. The molecule has 6 rings (SSSR count). The quantitative estimate of drug-likeness (QED) is 0.145. The van der Waals surface area contributed by atoms with E-state index in [4.69, 9.17) is 14.6 Å². The number of carboxylic acids is 1. The zero-order chi connectivity index (χ0) is 38.2. The van der Waals surface area contributed by atoms with Gasteiger partial charge in [-0.05, 0) is 86.6 Å². The smallest absolute Gasteiger partial charge is 0.303 e. The summed E-state index contributed by atoms with van der Waals surface area (Å²) in [5.41, 5.74) is 5.38. The van der Waals surface area contributed by atoms with Gasteiger partial charge in [-0.3, -0.25) is 19.3 Å². The summed E-state index contributed by atoms with van der Waals surface area (Å²) in [5, 5.41) is 24.8. The second-order valence-electron chi connectivity index (χ2n) is 16.3. The minimum absolute atomic E-state index is 0.0235. The van der Waals surface area contributed by atoms with Crippen LogP contribution in [0.15, 0.2) is 72.8 Å². The number of carboxylic acid groups (broad SMARTS) is 1. The summed E-state index contributed by atoms with van der Waals surface area (Å²) < 4.78 is 13.6. The molecule has 3 fully saturated rings. The molecule has 0 spiro atoms. The molecule has 1 saturated carbocycles. The average molecular weight is 740 g/mol. The number of carbonyl (C=O) groups is 3. The van der Waals surface area contributed by atoms with Crippen LogP contribution in [0.2, 0.25) is 0 Å². The Morgan fingerprint density at radius 1 is 0.852 bits per heavy atom. The summed E-state index contributed by atoms with van der Waals surface area (Å²) >= 11 is 0. The van der Waals surface area contributed by atoms with Crippen molar-refractivity contribution in [3.05, 3.63) is 95.1 Å². The third-order valence-corrected chi connectivity index (χ3v) is 11.1. The van der Waals surface area contributed by atoms with Crippen LogP contribution in [0.3, 0.4) is 0 Å². The molecule has 10 nitrogen and oxygen atoms in total. The van der Waals surface area contributed by atoms with Crippen molar-refractivity contribution >= 4 is 17.8 Å². The van der Waals surface area contributed by atoms with E-state index in [0.717, 1.165) is 52.6 Å². The van der Waals surface area contributed by atoms with E-state index < -0.39 is 12.3 Å². The SMILES string of the molecule is CC(C)(C)NC(=O)C1CCC2CCCCC2N1CC1CC(c2ccc(CO)cc2)OC(c2ccc(-c3ccccc3CNC(=O)CCCC(=O)O)cc2)O1. The van der Waals surface area contributed by atoms with Gasteiger partial charge in [0.1, 0.15) is 0 Å². The van der Waals surface area contributed by atoms with E-state index >= 15 is 0 Å². The first-order chi connectivity index (χ1) is 26.0. The maximum absolute atomic E-state index is 13.8. The number of benzene rings is 3. The van der Waals surface area contributed by atoms with Gasteiger partial charge < -0.3 is 30.3 Å². The molecule has 290 valence electrons. The van der Waals surface area contributed by atoms with Gasteiger partial charge in [0.15, 0.2) is 6.29 Å². The molecule has 2 amide bonds. The summed E-state index contributed by atoms with van der Waals surface area (Å²) in [6, 6.07) is 24.2. The maximum Gasteiger partial charge on any atom is 0.303 e. The molecular formula is C44H57N3O7. The Kier molecular flexibility index (Phi) is 13.2. The minimum Gasteiger partial charge on any atom is -0.481 e. The first kappa shape index (κ1) is 39.6. The number of fused-ring (bicyclic) bond motifs is 1. The normalized spacial score (nSPS) is 24.7. The Hall–Kier alpha value is -4.09. The van der Waals surface area contributed by atoms with E-state index in [2.05, 4.69) is 15.5 Å². The number of amides is 2. The van der Waals surface area contributed by atoms with Gasteiger partial charge >= 0.3 is 5.97 Å². The Bertz CT molecular complexity index is 1720. The van der Waals surface area contributed by atoms with Crippen molar-refractivity contribution in [2.45, 2.75) is 134 Å². The second kappa shape index (κ2) is 18.0. The summed E-state index contributed by atoms with van der Waals surface area (Å²) in [7, 11) is 0. The van der Waals surface area contributed by atoms with Crippen LogP contribution in [0.1, 0.15) is 120 Å². The van der Waals surface area contributed by atoms with E-state index in [1.165, 1.54) is 19.3 Å². The Balaban J connectivity index is 1.22. The van der Waals surface area contributed by atoms with Crippen molar-refractivity contribution in [2.75, 3.05) is 6.54 Å². The highest BCUT2D eigenvalue weighted by molar-refractivity contribution is 5.82. The van der Waals surface area contributed by atoms with Crippen molar-refractivity contribution in [1.29, 1.82) is 0 Å². The number of piperidine rings is 1. The molecule has 10 heteroatoms. The lowest BCUT2D eigenvalue weighted by Crippen LogP contribution is -2.61. The van der Waals surface area contributed by atoms with Gasteiger partial charge in [0, 0.05) is 49.5 Å². The fourth-order valence-electron chi connectivity index (χ4n) is 8.45. The highest BCUT2D eigenvalue weighted by Crippen LogP contribution is 2.42. The molecule has 0 aromatic heterocycles. The second-order valence-corrected chi connectivity index (χ2v) is 16.3. The molecule has 2 aliphatic heterocycles.